The number of anilines is 2. The maximum Gasteiger partial charge on any atom is 0.309 e. The summed E-state index contributed by atoms with van der Waals surface area (Å²) in [6.45, 7) is 6.79. The number of esters is 1. The second-order valence-corrected chi connectivity index (χ2v) is 11.8. The van der Waals surface area contributed by atoms with Crippen LogP contribution in [0.4, 0.5) is 11.4 Å². The number of fused-ring (bicyclic) bond motifs is 1. The van der Waals surface area contributed by atoms with E-state index in [2.05, 4.69) is 16.1 Å². The number of carbonyl (C=O) groups excluding carboxylic acids is 2. The molecule has 1 atom stereocenters. The minimum absolute atomic E-state index is 0.131. The van der Waals surface area contributed by atoms with Gasteiger partial charge in [-0.25, -0.2) is 13.1 Å². The van der Waals surface area contributed by atoms with Gasteiger partial charge in [0.25, 0.3) is 0 Å². The van der Waals surface area contributed by atoms with E-state index in [1.165, 1.54) is 5.56 Å². The summed E-state index contributed by atoms with van der Waals surface area (Å²) >= 11 is 0. The van der Waals surface area contributed by atoms with E-state index < -0.39 is 10.0 Å². The van der Waals surface area contributed by atoms with Crippen molar-refractivity contribution >= 4 is 33.3 Å². The largest absolute Gasteiger partial charge is 0.466 e. The molecule has 1 fully saturated rings. The molecule has 0 saturated carbocycles. The number of amides is 1. The smallest absolute Gasteiger partial charge is 0.309 e. The Morgan fingerprint density at radius 3 is 2.51 bits per heavy atom. The molecule has 8 nitrogen and oxygen atoms in total. The third-order valence-corrected chi connectivity index (χ3v) is 8.66. The Morgan fingerprint density at radius 1 is 1.08 bits per heavy atom. The molecule has 9 heteroatoms. The second-order valence-electron chi connectivity index (χ2n) is 10.1. The van der Waals surface area contributed by atoms with Crippen LogP contribution in [0.5, 0.6) is 0 Å². The second kappa shape index (κ2) is 11.6. The van der Waals surface area contributed by atoms with E-state index in [1.807, 2.05) is 23.1 Å². The molecule has 1 aliphatic heterocycles. The number of ether oxygens (including phenoxy) is 1. The number of aryl methyl sites for hydroxylation is 1. The first-order valence-corrected chi connectivity index (χ1v) is 14.6. The lowest BCUT2D eigenvalue weighted by molar-refractivity contribution is -0.148. The summed E-state index contributed by atoms with van der Waals surface area (Å²) < 4.78 is 35.9. The molecule has 0 radical (unpaired) electrons. The summed E-state index contributed by atoms with van der Waals surface area (Å²) in [5, 5.41) is 2.83. The molecular formula is C28H37N3O5S. The molecule has 0 aromatic heterocycles. The molecule has 2 aromatic rings. The molecule has 1 saturated heterocycles. The predicted octanol–water partition coefficient (Wildman–Crippen LogP) is 4.42. The van der Waals surface area contributed by atoms with Crippen LogP contribution in [0.3, 0.4) is 0 Å². The first-order valence-electron chi connectivity index (χ1n) is 13.2. The summed E-state index contributed by atoms with van der Waals surface area (Å²) in [7, 11) is -3.93. The van der Waals surface area contributed by atoms with Gasteiger partial charge in [0, 0.05) is 30.7 Å². The fourth-order valence-electron chi connectivity index (χ4n) is 5.10. The number of hydrogen-bond donors (Lipinski definition) is 2. The van der Waals surface area contributed by atoms with Crippen molar-refractivity contribution in [3.8, 4) is 0 Å². The monoisotopic (exact) mass is 527 g/mol. The fraction of sp³-hybridized carbons (Fsp3) is 0.500. The lowest BCUT2D eigenvalue weighted by Gasteiger charge is -2.34. The van der Waals surface area contributed by atoms with Crippen LogP contribution in [-0.4, -0.2) is 40.0 Å². The van der Waals surface area contributed by atoms with Crippen molar-refractivity contribution in [3.05, 3.63) is 53.6 Å². The summed E-state index contributed by atoms with van der Waals surface area (Å²) in [4.78, 5) is 26.7. The summed E-state index contributed by atoms with van der Waals surface area (Å²) in [5.74, 6) is -0.795. The molecule has 1 amide bonds. The fourth-order valence-corrected chi connectivity index (χ4v) is 6.60. The van der Waals surface area contributed by atoms with E-state index in [0.717, 1.165) is 24.8 Å². The average Bonchev–Trinajstić information content (AvgIpc) is 2.89. The predicted molar refractivity (Wildman–Crippen MR) is 144 cm³/mol. The van der Waals surface area contributed by atoms with Crippen molar-refractivity contribution in [2.75, 3.05) is 29.9 Å². The number of carbonyl (C=O) groups is 2. The van der Waals surface area contributed by atoms with Crippen LogP contribution in [0.15, 0.2) is 47.4 Å². The highest BCUT2D eigenvalue weighted by Gasteiger charge is 2.32. The number of benzene rings is 2. The number of nitrogens with one attached hydrogen (secondary N) is 2. The molecule has 0 spiro atoms. The van der Waals surface area contributed by atoms with Crippen LogP contribution in [0, 0.1) is 11.8 Å². The van der Waals surface area contributed by atoms with E-state index in [0.29, 0.717) is 43.9 Å². The van der Waals surface area contributed by atoms with Gasteiger partial charge in [0.05, 0.1) is 18.2 Å². The molecule has 0 bridgehead atoms. The molecule has 1 heterocycles. The molecule has 4 rings (SSSR count). The Morgan fingerprint density at radius 2 is 1.81 bits per heavy atom. The van der Waals surface area contributed by atoms with Gasteiger partial charge in [-0.1, -0.05) is 38.1 Å². The molecule has 2 N–H and O–H groups in total. The highest BCUT2D eigenvalue weighted by atomic mass is 32.2. The lowest BCUT2D eigenvalue weighted by atomic mass is 9.88. The maximum atomic E-state index is 13.9. The Kier molecular flexibility index (Phi) is 8.54. The first kappa shape index (κ1) is 27.1. The maximum absolute atomic E-state index is 13.9. The van der Waals surface area contributed by atoms with Crippen LogP contribution in [0.2, 0.25) is 0 Å². The standard InChI is InChI=1S/C28H37N3O5S/c1-4-36-28(33)21-14-16-31(17-15-21)25-13-12-22(29-27(32)19(2)3)18-26(25)37(34,35)30-24-11-7-9-20-8-5-6-10-23(20)24/h5-6,8,10,12-13,18-19,21,24,30H,4,7,9,11,14-17H2,1-3H3,(H,29,32)/t24-/m0/s1. The highest BCUT2D eigenvalue weighted by molar-refractivity contribution is 7.89. The van der Waals surface area contributed by atoms with Crippen molar-refractivity contribution in [1.29, 1.82) is 0 Å². The normalized spacial score (nSPS) is 18.4. The van der Waals surface area contributed by atoms with Crippen LogP contribution >= 0.6 is 0 Å². The molecule has 2 aliphatic rings. The number of hydrogen-bond acceptors (Lipinski definition) is 6. The van der Waals surface area contributed by atoms with Gasteiger partial charge in [-0.3, -0.25) is 9.59 Å². The third kappa shape index (κ3) is 6.33. The van der Waals surface area contributed by atoms with Crippen LogP contribution in [-0.2, 0) is 30.8 Å². The molecule has 2 aromatic carbocycles. The van der Waals surface area contributed by atoms with E-state index in [9.17, 15) is 18.0 Å². The first-order chi connectivity index (χ1) is 17.7. The van der Waals surface area contributed by atoms with Gasteiger partial charge in [0.15, 0.2) is 0 Å². The number of sulfonamides is 1. The molecule has 200 valence electrons. The number of nitrogens with zero attached hydrogens (tertiary/aromatic N) is 1. The van der Waals surface area contributed by atoms with Gasteiger partial charge in [-0.2, -0.15) is 0 Å². The lowest BCUT2D eigenvalue weighted by Crippen LogP contribution is -2.38. The van der Waals surface area contributed by atoms with Crippen LogP contribution in [0.25, 0.3) is 0 Å². The number of rotatable bonds is 8. The SMILES string of the molecule is CCOC(=O)C1CCN(c2ccc(NC(=O)C(C)C)cc2S(=O)(=O)N[C@H]2CCCc3ccccc32)CC1. The van der Waals surface area contributed by atoms with E-state index >= 15 is 0 Å². The summed E-state index contributed by atoms with van der Waals surface area (Å²) in [6, 6.07) is 12.7. The van der Waals surface area contributed by atoms with Gasteiger partial charge in [-0.15, -0.1) is 0 Å². The summed E-state index contributed by atoms with van der Waals surface area (Å²) in [6.07, 6.45) is 3.75. The zero-order chi connectivity index (χ0) is 26.6. The topological polar surface area (TPSA) is 105 Å². The van der Waals surface area contributed by atoms with Crippen LogP contribution < -0.4 is 14.9 Å². The minimum Gasteiger partial charge on any atom is -0.466 e. The van der Waals surface area contributed by atoms with Gasteiger partial charge < -0.3 is 15.0 Å². The Hall–Kier alpha value is -2.91. The quantitative estimate of drug-likeness (QED) is 0.493. The molecule has 0 unspecified atom stereocenters. The number of piperidine rings is 1. The van der Waals surface area contributed by atoms with E-state index in [1.54, 1.807) is 39.0 Å². The van der Waals surface area contributed by atoms with E-state index in [4.69, 9.17) is 4.74 Å². The van der Waals surface area contributed by atoms with Crippen molar-refractivity contribution in [2.45, 2.75) is 63.8 Å². The van der Waals surface area contributed by atoms with Crippen LogP contribution in [0.1, 0.15) is 63.6 Å². The van der Waals surface area contributed by atoms with Gasteiger partial charge >= 0.3 is 5.97 Å². The zero-order valence-corrected chi connectivity index (χ0v) is 22.6. The minimum atomic E-state index is -3.93. The molecule has 1 aliphatic carbocycles. The van der Waals surface area contributed by atoms with Gasteiger partial charge in [0.1, 0.15) is 4.90 Å². The Balaban J connectivity index is 1.64. The van der Waals surface area contributed by atoms with Crippen molar-refractivity contribution in [1.82, 2.24) is 4.72 Å². The van der Waals surface area contributed by atoms with Crippen molar-refractivity contribution in [2.24, 2.45) is 11.8 Å². The van der Waals surface area contributed by atoms with Crippen molar-refractivity contribution in [3.63, 3.8) is 0 Å². The van der Waals surface area contributed by atoms with Gasteiger partial charge in [0.2, 0.25) is 15.9 Å². The van der Waals surface area contributed by atoms with Gasteiger partial charge in [-0.05, 0) is 68.4 Å². The molecule has 37 heavy (non-hydrogen) atoms. The Bertz CT molecular complexity index is 1240. The zero-order valence-electron chi connectivity index (χ0n) is 21.8. The third-order valence-electron chi connectivity index (χ3n) is 7.16. The van der Waals surface area contributed by atoms with Crippen molar-refractivity contribution < 1.29 is 22.7 Å². The molecular weight excluding hydrogens is 490 g/mol. The summed E-state index contributed by atoms with van der Waals surface area (Å²) in [5.41, 5.74) is 3.19. The highest BCUT2D eigenvalue weighted by Crippen LogP contribution is 2.35. The Labute approximate surface area is 219 Å². The average molecular weight is 528 g/mol. The van der Waals surface area contributed by atoms with E-state index in [-0.39, 0.29) is 34.6 Å².